The van der Waals surface area contributed by atoms with Gasteiger partial charge in [-0.3, -0.25) is 0 Å². The van der Waals surface area contributed by atoms with Gasteiger partial charge in [0.05, 0.1) is 6.10 Å². The highest BCUT2D eigenvalue weighted by atomic mass is 16.3. The molecule has 0 saturated carbocycles. The summed E-state index contributed by atoms with van der Waals surface area (Å²) in [4.78, 5) is 3.13. The van der Waals surface area contributed by atoms with Gasteiger partial charge in [0.15, 0.2) is 0 Å². The normalized spacial score (nSPS) is 16.1. The number of aryl methyl sites for hydroxylation is 2. The molecule has 2 unspecified atom stereocenters. The van der Waals surface area contributed by atoms with Gasteiger partial charge < -0.3 is 15.8 Å². The van der Waals surface area contributed by atoms with Gasteiger partial charge in [0.2, 0.25) is 0 Å². The Bertz CT molecular complexity index is 265. The number of aromatic nitrogens is 1. The third kappa shape index (κ3) is 1.68. The zero-order chi connectivity index (χ0) is 9.30. The Morgan fingerprint density at radius 2 is 2.08 bits per heavy atom. The summed E-state index contributed by atoms with van der Waals surface area (Å²) in [5.74, 6) is 0. The average molecular weight is 168 g/mol. The number of H-pyrrole nitrogens is 1. The van der Waals surface area contributed by atoms with Crippen molar-refractivity contribution in [2.75, 3.05) is 0 Å². The first-order valence-electron chi connectivity index (χ1n) is 4.12. The summed E-state index contributed by atoms with van der Waals surface area (Å²) in [6, 6.07) is 1.71. The molecule has 0 aliphatic heterocycles. The Morgan fingerprint density at radius 3 is 2.42 bits per heavy atom. The summed E-state index contributed by atoms with van der Waals surface area (Å²) in [5.41, 5.74) is 8.54. The zero-order valence-corrected chi connectivity index (χ0v) is 7.76. The van der Waals surface area contributed by atoms with Crippen LogP contribution in [0.4, 0.5) is 0 Å². The standard InChI is InChI=1S/C9H16N2O/c1-5-4-8(7(3)11-5)9(12)6(2)10/h4,6,9,11-12H,10H2,1-3H3. The number of aromatic amines is 1. The molecule has 1 heterocycles. The summed E-state index contributed by atoms with van der Waals surface area (Å²) in [6.07, 6.45) is -0.560. The van der Waals surface area contributed by atoms with Crippen LogP contribution in [0.2, 0.25) is 0 Å². The van der Waals surface area contributed by atoms with Gasteiger partial charge in [-0.2, -0.15) is 0 Å². The molecule has 68 valence electrons. The van der Waals surface area contributed by atoms with E-state index in [1.807, 2.05) is 19.9 Å². The van der Waals surface area contributed by atoms with Crippen LogP contribution >= 0.6 is 0 Å². The minimum absolute atomic E-state index is 0.223. The number of rotatable bonds is 2. The van der Waals surface area contributed by atoms with E-state index in [1.165, 1.54) is 0 Å². The number of nitrogens with one attached hydrogen (secondary N) is 1. The monoisotopic (exact) mass is 168 g/mol. The maximum absolute atomic E-state index is 9.65. The molecular formula is C9H16N2O. The predicted molar refractivity (Wildman–Crippen MR) is 48.9 cm³/mol. The summed E-state index contributed by atoms with van der Waals surface area (Å²) in [6.45, 7) is 5.70. The van der Waals surface area contributed by atoms with Gasteiger partial charge in [0, 0.05) is 23.0 Å². The van der Waals surface area contributed by atoms with Crippen molar-refractivity contribution in [2.24, 2.45) is 5.73 Å². The van der Waals surface area contributed by atoms with Crippen molar-refractivity contribution in [3.63, 3.8) is 0 Å². The molecule has 4 N–H and O–H groups in total. The van der Waals surface area contributed by atoms with E-state index in [-0.39, 0.29) is 6.04 Å². The summed E-state index contributed by atoms with van der Waals surface area (Å²) in [5, 5.41) is 9.65. The fourth-order valence-corrected chi connectivity index (χ4v) is 1.34. The smallest absolute Gasteiger partial charge is 0.0955 e. The Hall–Kier alpha value is -0.800. The van der Waals surface area contributed by atoms with Crippen LogP contribution in [0.15, 0.2) is 6.07 Å². The minimum atomic E-state index is -0.560. The molecule has 0 amide bonds. The van der Waals surface area contributed by atoms with Gasteiger partial charge in [-0.15, -0.1) is 0 Å². The lowest BCUT2D eigenvalue weighted by Crippen LogP contribution is -2.24. The van der Waals surface area contributed by atoms with Crippen LogP contribution in [0.5, 0.6) is 0 Å². The van der Waals surface area contributed by atoms with Crippen molar-refractivity contribution in [3.8, 4) is 0 Å². The molecule has 2 atom stereocenters. The van der Waals surface area contributed by atoms with Gasteiger partial charge in [0.25, 0.3) is 0 Å². The van der Waals surface area contributed by atoms with Crippen molar-refractivity contribution < 1.29 is 5.11 Å². The number of hydrogen-bond acceptors (Lipinski definition) is 2. The lowest BCUT2D eigenvalue weighted by molar-refractivity contribution is 0.153. The van der Waals surface area contributed by atoms with E-state index >= 15 is 0 Å². The Labute approximate surface area is 72.6 Å². The van der Waals surface area contributed by atoms with Gasteiger partial charge in [0.1, 0.15) is 0 Å². The second-order valence-corrected chi connectivity index (χ2v) is 3.34. The predicted octanol–water partition coefficient (Wildman–Crippen LogP) is 1.01. The van der Waals surface area contributed by atoms with Crippen molar-refractivity contribution in [1.82, 2.24) is 4.98 Å². The second-order valence-electron chi connectivity index (χ2n) is 3.34. The maximum Gasteiger partial charge on any atom is 0.0955 e. The van der Waals surface area contributed by atoms with Crippen LogP contribution in [0.3, 0.4) is 0 Å². The Morgan fingerprint density at radius 1 is 1.50 bits per heavy atom. The molecular weight excluding hydrogens is 152 g/mol. The third-order valence-corrected chi connectivity index (χ3v) is 2.01. The van der Waals surface area contributed by atoms with Gasteiger partial charge in [-0.1, -0.05) is 0 Å². The molecule has 3 nitrogen and oxygen atoms in total. The molecule has 0 aliphatic carbocycles. The van der Waals surface area contributed by atoms with Crippen molar-refractivity contribution in [2.45, 2.75) is 32.9 Å². The summed E-state index contributed by atoms with van der Waals surface area (Å²) >= 11 is 0. The summed E-state index contributed by atoms with van der Waals surface area (Å²) in [7, 11) is 0. The SMILES string of the molecule is Cc1cc(C(O)C(C)N)c(C)[nH]1. The molecule has 1 aromatic rings. The highest BCUT2D eigenvalue weighted by Crippen LogP contribution is 2.20. The van der Waals surface area contributed by atoms with E-state index in [0.29, 0.717) is 0 Å². The maximum atomic E-state index is 9.65. The zero-order valence-electron chi connectivity index (χ0n) is 7.76. The van der Waals surface area contributed by atoms with Crippen molar-refractivity contribution in [3.05, 3.63) is 23.0 Å². The van der Waals surface area contributed by atoms with Crippen molar-refractivity contribution in [1.29, 1.82) is 0 Å². The molecule has 0 saturated heterocycles. The molecule has 0 bridgehead atoms. The lowest BCUT2D eigenvalue weighted by Gasteiger charge is -2.13. The van der Waals surface area contributed by atoms with E-state index in [4.69, 9.17) is 5.73 Å². The second kappa shape index (κ2) is 3.29. The first-order chi connectivity index (χ1) is 5.52. The van der Waals surface area contributed by atoms with Crippen molar-refractivity contribution >= 4 is 0 Å². The molecule has 0 aromatic carbocycles. The molecule has 1 rings (SSSR count). The molecule has 0 fully saturated rings. The van der Waals surface area contributed by atoms with E-state index < -0.39 is 6.10 Å². The van der Waals surface area contributed by atoms with Crippen LogP contribution in [0.1, 0.15) is 30.0 Å². The largest absolute Gasteiger partial charge is 0.387 e. The van der Waals surface area contributed by atoms with Crippen LogP contribution in [-0.2, 0) is 0 Å². The van der Waals surface area contributed by atoms with Gasteiger partial charge in [-0.25, -0.2) is 0 Å². The highest BCUT2D eigenvalue weighted by molar-refractivity contribution is 5.27. The Kier molecular flexibility index (Phi) is 2.55. The molecule has 12 heavy (non-hydrogen) atoms. The van der Waals surface area contributed by atoms with Crippen LogP contribution in [0, 0.1) is 13.8 Å². The molecule has 1 aromatic heterocycles. The molecule has 0 spiro atoms. The first kappa shape index (κ1) is 9.29. The van der Waals surface area contributed by atoms with Gasteiger partial charge >= 0.3 is 0 Å². The topological polar surface area (TPSA) is 62.0 Å². The number of hydrogen-bond donors (Lipinski definition) is 3. The average Bonchev–Trinajstić information content (AvgIpc) is 2.28. The quantitative estimate of drug-likeness (QED) is 0.617. The molecule has 0 radical (unpaired) electrons. The lowest BCUT2D eigenvalue weighted by atomic mass is 10.1. The first-order valence-corrected chi connectivity index (χ1v) is 4.12. The van der Waals surface area contributed by atoms with Crippen LogP contribution < -0.4 is 5.73 Å². The van der Waals surface area contributed by atoms with Gasteiger partial charge in [-0.05, 0) is 26.8 Å². The van der Waals surface area contributed by atoms with E-state index in [0.717, 1.165) is 17.0 Å². The highest BCUT2D eigenvalue weighted by Gasteiger charge is 2.15. The van der Waals surface area contributed by atoms with Crippen LogP contribution in [-0.4, -0.2) is 16.1 Å². The summed E-state index contributed by atoms with van der Waals surface area (Å²) < 4.78 is 0. The number of nitrogens with two attached hydrogens (primary N) is 1. The fourth-order valence-electron chi connectivity index (χ4n) is 1.34. The molecule has 3 heteroatoms. The van der Waals surface area contributed by atoms with E-state index in [9.17, 15) is 5.11 Å². The van der Waals surface area contributed by atoms with E-state index in [1.54, 1.807) is 6.92 Å². The van der Waals surface area contributed by atoms with Crippen LogP contribution in [0.25, 0.3) is 0 Å². The number of aliphatic hydroxyl groups is 1. The fraction of sp³-hybridized carbons (Fsp3) is 0.556. The Balaban J connectivity index is 2.94. The third-order valence-electron chi connectivity index (χ3n) is 2.01. The van der Waals surface area contributed by atoms with E-state index in [2.05, 4.69) is 4.98 Å². The number of aliphatic hydroxyl groups excluding tert-OH is 1. The minimum Gasteiger partial charge on any atom is -0.387 e. The molecule has 0 aliphatic rings.